The van der Waals surface area contributed by atoms with Crippen molar-refractivity contribution < 1.29 is 0 Å². The number of hydrogen-bond donors (Lipinski definition) is 2. The first-order chi connectivity index (χ1) is 8.27. The number of aromatic nitrogens is 5. The number of fused-ring (bicyclic) bond motifs is 1. The molecule has 2 heterocycles. The lowest BCUT2D eigenvalue weighted by Gasteiger charge is -2.04. The van der Waals surface area contributed by atoms with Crippen LogP contribution in [0.25, 0.3) is 16.9 Å². The normalized spacial score (nSPS) is 10.8. The van der Waals surface area contributed by atoms with E-state index < -0.39 is 11.1 Å². The van der Waals surface area contributed by atoms with Gasteiger partial charge in [0.15, 0.2) is 5.82 Å². The fourth-order valence-corrected chi connectivity index (χ4v) is 1.69. The molecule has 0 saturated carbocycles. The molecular formula is C10H7N5O2. The monoisotopic (exact) mass is 229 g/mol. The smallest absolute Gasteiger partial charge is 0.316 e. The van der Waals surface area contributed by atoms with E-state index in [9.17, 15) is 9.59 Å². The number of H-pyrrole nitrogens is 2. The van der Waals surface area contributed by atoms with E-state index in [4.69, 9.17) is 0 Å². The van der Waals surface area contributed by atoms with Crippen LogP contribution in [0.15, 0.2) is 40.1 Å². The largest absolute Gasteiger partial charge is 0.322 e. The molecule has 2 N–H and O–H groups in total. The first kappa shape index (κ1) is 9.52. The Morgan fingerprint density at radius 3 is 2.76 bits per heavy atom. The number of nitrogens with zero attached hydrogens (tertiary/aromatic N) is 3. The molecule has 0 spiro atoms. The van der Waals surface area contributed by atoms with Crippen LogP contribution in [0.2, 0.25) is 0 Å². The quantitative estimate of drug-likeness (QED) is 0.564. The maximum atomic E-state index is 11.8. The Balaban J connectivity index is 2.55. The van der Waals surface area contributed by atoms with Gasteiger partial charge in [0.1, 0.15) is 0 Å². The summed E-state index contributed by atoms with van der Waals surface area (Å²) in [5, 5.41) is 9.85. The van der Waals surface area contributed by atoms with Crippen molar-refractivity contribution >= 4 is 11.0 Å². The van der Waals surface area contributed by atoms with Crippen molar-refractivity contribution in [3.05, 3.63) is 51.2 Å². The highest BCUT2D eigenvalue weighted by Gasteiger charge is 2.10. The average molecular weight is 229 g/mol. The maximum absolute atomic E-state index is 11.8. The van der Waals surface area contributed by atoms with E-state index in [1.54, 1.807) is 24.3 Å². The molecule has 0 amide bonds. The minimum absolute atomic E-state index is 0.289. The molecule has 0 unspecified atom stereocenters. The van der Waals surface area contributed by atoms with Crippen LogP contribution in [-0.2, 0) is 0 Å². The van der Waals surface area contributed by atoms with Crippen LogP contribution in [0.3, 0.4) is 0 Å². The van der Waals surface area contributed by atoms with Crippen molar-refractivity contribution in [2.75, 3.05) is 0 Å². The van der Waals surface area contributed by atoms with E-state index >= 15 is 0 Å². The second-order valence-electron chi connectivity index (χ2n) is 3.44. The zero-order valence-corrected chi connectivity index (χ0v) is 8.54. The van der Waals surface area contributed by atoms with Gasteiger partial charge in [-0.2, -0.15) is 10.3 Å². The van der Waals surface area contributed by atoms with Gasteiger partial charge in [-0.25, -0.2) is 0 Å². The van der Waals surface area contributed by atoms with Crippen LogP contribution in [0.1, 0.15) is 0 Å². The molecule has 2 aromatic heterocycles. The lowest BCUT2D eigenvalue weighted by Crippen LogP contribution is -2.35. The van der Waals surface area contributed by atoms with Crippen LogP contribution in [0.5, 0.6) is 0 Å². The van der Waals surface area contributed by atoms with E-state index in [1.807, 2.05) is 0 Å². The third-order valence-electron chi connectivity index (χ3n) is 2.42. The summed E-state index contributed by atoms with van der Waals surface area (Å²) in [6.45, 7) is 0. The zero-order valence-electron chi connectivity index (χ0n) is 8.54. The number of hydrogen-bond acceptors (Lipinski definition) is 4. The number of para-hydroxylation sites is 2. The summed E-state index contributed by atoms with van der Waals surface area (Å²) in [6, 6.07) is 6.99. The van der Waals surface area contributed by atoms with Gasteiger partial charge in [-0.15, -0.1) is 5.10 Å². The Labute approximate surface area is 93.7 Å². The first-order valence-electron chi connectivity index (χ1n) is 4.87. The van der Waals surface area contributed by atoms with Crippen LogP contribution in [0.4, 0.5) is 0 Å². The lowest BCUT2D eigenvalue weighted by atomic mass is 10.3. The third-order valence-corrected chi connectivity index (χ3v) is 2.42. The summed E-state index contributed by atoms with van der Waals surface area (Å²) in [6.07, 6.45) is 1.38. The van der Waals surface area contributed by atoms with Crippen molar-refractivity contribution in [2.24, 2.45) is 0 Å². The molecule has 0 aliphatic heterocycles. The minimum atomic E-state index is -0.688. The summed E-state index contributed by atoms with van der Waals surface area (Å²) in [4.78, 5) is 25.8. The molecule has 3 rings (SSSR count). The van der Waals surface area contributed by atoms with Crippen LogP contribution < -0.4 is 11.1 Å². The van der Waals surface area contributed by atoms with E-state index in [-0.39, 0.29) is 5.82 Å². The topological polar surface area (TPSA) is 96.4 Å². The molecule has 0 bridgehead atoms. The molecule has 0 radical (unpaired) electrons. The Kier molecular flexibility index (Phi) is 1.91. The third kappa shape index (κ3) is 1.36. The summed E-state index contributed by atoms with van der Waals surface area (Å²) in [5.74, 6) is 0.289. The van der Waals surface area contributed by atoms with Gasteiger partial charge in [-0.1, -0.05) is 12.1 Å². The highest BCUT2D eigenvalue weighted by atomic mass is 16.2. The van der Waals surface area contributed by atoms with E-state index in [1.165, 1.54) is 10.8 Å². The molecule has 0 atom stereocenters. The SMILES string of the molecule is O=c1[nH]c2ccccc2n(-c2cn[nH]n2)c1=O. The molecule has 0 aliphatic rings. The predicted octanol–water partition coefficient (Wildman–Crippen LogP) is -0.203. The molecule has 0 saturated heterocycles. The molecule has 7 nitrogen and oxygen atoms in total. The van der Waals surface area contributed by atoms with Gasteiger partial charge in [0, 0.05) is 0 Å². The number of aromatic amines is 2. The van der Waals surface area contributed by atoms with Crippen molar-refractivity contribution in [3.63, 3.8) is 0 Å². The summed E-state index contributed by atoms with van der Waals surface area (Å²) in [7, 11) is 0. The van der Waals surface area contributed by atoms with Gasteiger partial charge in [0.2, 0.25) is 0 Å². The summed E-state index contributed by atoms with van der Waals surface area (Å²) in [5.41, 5.74) is -0.226. The molecule has 84 valence electrons. The fourth-order valence-electron chi connectivity index (χ4n) is 1.69. The highest BCUT2D eigenvalue weighted by Crippen LogP contribution is 2.10. The molecule has 17 heavy (non-hydrogen) atoms. The summed E-state index contributed by atoms with van der Waals surface area (Å²) >= 11 is 0. The van der Waals surface area contributed by atoms with Gasteiger partial charge < -0.3 is 4.98 Å². The average Bonchev–Trinajstić information content (AvgIpc) is 2.84. The van der Waals surface area contributed by atoms with Crippen LogP contribution >= 0.6 is 0 Å². The van der Waals surface area contributed by atoms with Crippen LogP contribution in [0, 0.1) is 0 Å². The van der Waals surface area contributed by atoms with Gasteiger partial charge >= 0.3 is 11.1 Å². The Morgan fingerprint density at radius 2 is 2.00 bits per heavy atom. The molecule has 0 fully saturated rings. The van der Waals surface area contributed by atoms with Crippen molar-refractivity contribution in [3.8, 4) is 5.82 Å². The summed E-state index contributed by atoms with van der Waals surface area (Å²) < 4.78 is 1.22. The van der Waals surface area contributed by atoms with Crippen molar-refractivity contribution in [1.82, 2.24) is 25.0 Å². The Hall–Kier alpha value is -2.70. The van der Waals surface area contributed by atoms with E-state index in [0.29, 0.717) is 11.0 Å². The molecular weight excluding hydrogens is 222 g/mol. The van der Waals surface area contributed by atoms with Gasteiger partial charge in [0.05, 0.1) is 17.2 Å². The van der Waals surface area contributed by atoms with Gasteiger partial charge in [-0.3, -0.25) is 14.2 Å². The zero-order chi connectivity index (χ0) is 11.8. The predicted molar refractivity (Wildman–Crippen MR) is 60.1 cm³/mol. The first-order valence-corrected chi connectivity index (χ1v) is 4.87. The lowest BCUT2D eigenvalue weighted by molar-refractivity contribution is 0.892. The molecule has 3 aromatic rings. The second kappa shape index (κ2) is 3.41. The Morgan fingerprint density at radius 1 is 1.18 bits per heavy atom. The molecule has 7 heteroatoms. The minimum Gasteiger partial charge on any atom is -0.316 e. The van der Waals surface area contributed by atoms with E-state index in [0.717, 1.165) is 0 Å². The van der Waals surface area contributed by atoms with Crippen LogP contribution in [-0.4, -0.2) is 25.0 Å². The fraction of sp³-hybridized carbons (Fsp3) is 0. The molecule has 0 aliphatic carbocycles. The van der Waals surface area contributed by atoms with E-state index in [2.05, 4.69) is 20.4 Å². The van der Waals surface area contributed by atoms with Crippen molar-refractivity contribution in [1.29, 1.82) is 0 Å². The second-order valence-corrected chi connectivity index (χ2v) is 3.44. The molecule has 1 aromatic carbocycles. The Bertz CT molecular complexity index is 784. The number of benzene rings is 1. The number of nitrogens with one attached hydrogen (secondary N) is 2. The standard InChI is InChI=1S/C10H7N5O2/c16-9-10(17)15(8-5-11-14-13-8)7-4-2-1-3-6(7)12-9/h1-5H,(H,12,16)(H,11,13,14). The maximum Gasteiger partial charge on any atom is 0.322 e. The van der Waals surface area contributed by atoms with Gasteiger partial charge in [-0.05, 0) is 12.1 Å². The van der Waals surface area contributed by atoms with Gasteiger partial charge in [0.25, 0.3) is 0 Å². The number of rotatable bonds is 1. The van der Waals surface area contributed by atoms with Crippen molar-refractivity contribution in [2.45, 2.75) is 0 Å². The highest BCUT2D eigenvalue weighted by molar-refractivity contribution is 5.75.